The van der Waals surface area contributed by atoms with Gasteiger partial charge in [0, 0.05) is 5.92 Å². The first-order valence-electron chi connectivity index (χ1n) is 5.70. The summed E-state index contributed by atoms with van der Waals surface area (Å²) in [5.41, 5.74) is 4.10. The van der Waals surface area contributed by atoms with Gasteiger partial charge in [-0.1, -0.05) is 32.0 Å². The number of Topliss-reactive ketones (excluding diaryl/α,β-unsaturated/α-hetero) is 1. The Kier molecular flexibility index (Phi) is 2.64. The van der Waals surface area contributed by atoms with E-state index < -0.39 is 0 Å². The molecule has 1 aliphatic carbocycles. The minimum Gasteiger partial charge on any atom is -0.299 e. The Bertz CT molecular complexity index is 392. The van der Waals surface area contributed by atoms with E-state index in [1.54, 1.807) is 6.92 Å². The molecule has 15 heavy (non-hydrogen) atoms. The average Bonchev–Trinajstić information content (AvgIpc) is 2.55. The molecule has 2 rings (SSSR count). The highest BCUT2D eigenvalue weighted by atomic mass is 16.1. The Balaban J connectivity index is 2.31. The molecule has 0 aliphatic heterocycles. The highest BCUT2D eigenvalue weighted by molar-refractivity contribution is 5.83. The number of carbonyl (C=O) groups is 1. The Morgan fingerprint density at radius 2 is 2.00 bits per heavy atom. The van der Waals surface area contributed by atoms with E-state index in [9.17, 15) is 4.79 Å². The van der Waals surface area contributed by atoms with Crippen molar-refractivity contribution in [3.05, 3.63) is 34.9 Å². The fourth-order valence-electron chi connectivity index (χ4n) is 2.36. The number of benzene rings is 1. The van der Waals surface area contributed by atoms with Crippen LogP contribution in [-0.2, 0) is 17.6 Å². The summed E-state index contributed by atoms with van der Waals surface area (Å²) in [6.45, 7) is 5.94. The molecule has 0 saturated carbocycles. The molecule has 1 aliphatic rings. The number of hydrogen-bond donors (Lipinski definition) is 0. The van der Waals surface area contributed by atoms with Crippen LogP contribution in [0.15, 0.2) is 18.2 Å². The molecule has 1 heteroatoms. The lowest BCUT2D eigenvalue weighted by Gasteiger charge is -2.09. The summed E-state index contributed by atoms with van der Waals surface area (Å²) in [5, 5.41) is 0. The first-order chi connectivity index (χ1) is 7.08. The van der Waals surface area contributed by atoms with Gasteiger partial charge in [-0.2, -0.15) is 0 Å². The highest BCUT2D eigenvalue weighted by Gasteiger charge is 2.19. The fourth-order valence-corrected chi connectivity index (χ4v) is 2.36. The van der Waals surface area contributed by atoms with Crippen LogP contribution in [0.25, 0.3) is 0 Å². The molecular formula is C14H18O. The maximum atomic E-state index is 11.3. The van der Waals surface area contributed by atoms with Gasteiger partial charge in [-0.3, -0.25) is 4.79 Å². The van der Waals surface area contributed by atoms with Crippen molar-refractivity contribution in [2.24, 2.45) is 5.92 Å². The van der Waals surface area contributed by atoms with Gasteiger partial charge in [0.1, 0.15) is 5.78 Å². The van der Waals surface area contributed by atoms with Crippen molar-refractivity contribution in [2.75, 3.05) is 0 Å². The predicted molar refractivity (Wildman–Crippen MR) is 62.1 cm³/mol. The largest absolute Gasteiger partial charge is 0.299 e. The molecule has 0 bridgehead atoms. The van der Waals surface area contributed by atoms with Crippen LogP contribution in [0, 0.1) is 5.92 Å². The van der Waals surface area contributed by atoms with Crippen LogP contribution in [0.4, 0.5) is 0 Å². The molecule has 0 radical (unpaired) electrons. The number of carbonyl (C=O) groups excluding carboxylic acids is 1. The normalized spacial score (nSPS) is 21.1. The number of ketones is 1. The van der Waals surface area contributed by atoms with Crippen LogP contribution in [0.5, 0.6) is 0 Å². The molecule has 1 aromatic rings. The van der Waals surface area contributed by atoms with Crippen molar-refractivity contribution in [3.63, 3.8) is 0 Å². The highest BCUT2D eigenvalue weighted by Crippen LogP contribution is 2.29. The maximum Gasteiger partial charge on any atom is 0.136 e. The summed E-state index contributed by atoms with van der Waals surface area (Å²) >= 11 is 0. The third-order valence-electron chi connectivity index (χ3n) is 3.48. The Morgan fingerprint density at radius 3 is 2.67 bits per heavy atom. The zero-order chi connectivity index (χ0) is 11.0. The van der Waals surface area contributed by atoms with Gasteiger partial charge in [-0.25, -0.2) is 0 Å². The molecule has 0 heterocycles. The van der Waals surface area contributed by atoms with Crippen LogP contribution in [-0.4, -0.2) is 5.78 Å². The molecule has 2 unspecified atom stereocenters. The van der Waals surface area contributed by atoms with Gasteiger partial charge in [-0.15, -0.1) is 0 Å². The van der Waals surface area contributed by atoms with E-state index in [0.29, 0.717) is 0 Å². The van der Waals surface area contributed by atoms with Gasteiger partial charge in [0.2, 0.25) is 0 Å². The quantitative estimate of drug-likeness (QED) is 0.720. The van der Waals surface area contributed by atoms with Crippen molar-refractivity contribution in [1.29, 1.82) is 0 Å². The third kappa shape index (κ3) is 1.97. The summed E-state index contributed by atoms with van der Waals surface area (Å²) < 4.78 is 0. The molecule has 80 valence electrons. The van der Waals surface area contributed by atoms with E-state index in [2.05, 4.69) is 25.1 Å². The van der Waals surface area contributed by atoms with Crippen LogP contribution in [0.3, 0.4) is 0 Å². The van der Waals surface area contributed by atoms with Crippen LogP contribution < -0.4 is 0 Å². The third-order valence-corrected chi connectivity index (χ3v) is 3.48. The monoisotopic (exact) mass is 202 g/mol. The Hall–Kier alpha value is -1.11. The van der Waals surface area contributed by atoms with Gasteiger partial charge in [0.15, 0.2) is 0 Å². The minimum absolute atomic E-state index is 0.0474. The predicted octanol–water partition coefficient (Wildman–Crippen LogP) is 3.11. The molecular weight excluding hydrogens is 184 g/mol. The average molecular weight is 202 g/mol. The molecule has 0 saturated heterocycles. The fraction of sp³-hybridized carbons (Fsp3) is 0.500. The molecule has 0 N–H and O–H groups in total. The zero-order valence-electron chi connectivity index (χ0n) is 9.71. The molecule has 0 spiro atoms. The first-order valence-corrected chi connectivity index (χ1v) is 5.70. The van der Waals surface area contributed by atoms with E-state index in [-0.39, 0.29) is 11.7 Å². The topological polar surface area (TPSA) is 17.1 Å². The second-order valence-electron chi connectivity index (χ2n) is 4.87. The Morgan fingerprint density at radius 1 is 1.33 bits per heavy atom. The first kappa shape index (κ1) is 10.4. The summed E-state index contributed by atoms with van der Waals surface area (Å²) in [6, 6.07) is 6.54. The number of fused-ring (bicyclic) bond motifs is 1. The van der Waals surface area contributed by atoms with Gasteiger partial charge in [0.05, 0.1) is 0 Å². The van der Waals surface area contributed by atoms with Gasteiger partial charge >= 0.3 is 0 Å². The Labute approximate surface area is 91.5 Å². The van der Waals surface area contributed by atoms with E-state index in [1.165, 1.54) is 29.5 Å². The second-order valence-corrected chi connectivity index (χ2v) is 4.87. The van der Waals surface area contributed by atoms with Crippen molar-refractivity contribution in [2.45, 2.75) is 39.5 Å². The summed E-state index contributed by atoms with van der Waals surface area (Å²) in [7, 11) is 0. The molecule has 0 amide bonds. The minimum atomic E-state index is 0.0474. The van der Waals surface area contributed by atoms with Gasteiger partial charge in [-0.05, 0) is 42.4 Å². The zero-order valence-corrected chi connectivity index (χ0v) is 9.71. The van der Waals surface area contributed by atoms with Gasteiger partial charge in [0.25, 0.3) is 0 Å². The lowest BCUT2D eigenvalue weighted by Crippen LogP contribution is -2.04. The van der Waals surface area contributed by atoms with Crippen molar-refractivity contribution < 1.29 is 4.79 Å². The number of rotatable bonds is 2. The molecule has 1 aromatic carbocycles. The van der Waals surface area contributed by atoms with Crippen molar-refractivity contribution in [3.8, 4) is 0 Å². The van der Waals surface area contributed by atoms with Crippen LogP contribution in [0.2, 0.25) is 0 Å². The smallest absolute Gasteiger partial charge is 0.136 e. The maximum absolute atomic E-state index is 11.3. The van der Waals surface area contributed by atoms with Crippen molar-refractivity contribution >= 4 is 5.78 Å². The SMILES string of the molecule is CC(=O)C(C)c1ccc2c(c1)CC(C)C2. The number of hydrogen-bond acceptors (Lipinski definition) is 1. The second kappa shape index (κ2) is 3.80. The van der Waals surface area contributed by atoms with E-state index in [1.807, 2.05) is 6.92 Å². The van der Waals surface area contributed by atoms with Gasteiger partial charge < -0.3 is 0 Å². The van der Waals surface area contributed by atoms with E-state index >= 15 is 0 Å². The molecule has 1 nitrogen and oxygen atoms in total. The lowest BCUT2D eigenvalue weighted by atomic mass is 9.94. The standard InChI is InChI=1S/C14H18O/c1-9-6-13-5-4-12(8-14(13)7-9)10(2)11(3)15/h4-5,8-10H,6-7H2,1-3H3. The van der Waals surface area contributed by atoms with Crippen LogP contribution >= 0.6 is 0 Å². The molecule has 0 aromatic heterocycles. The molecule has 0 fully saturated rings. The lowest BCUT2D eigenvalue weighted by molar-refractivity contribution is -0.118. The van der Waals surface area contributed by atoms with E-state index in [4.69, 9.17) is 0 Å². The summed E-state index contributed by atoms with van der Waals surface area (Å²) in [4.78, 5) is 11.3. The summed E-state index contributed by atoms with van der Waals surface area (Å²) in [5.74, 6) is 1.06. The molecule has 2 atom stereocenters. The summed E-state index contributed by atoms with van der Waals surface area (Å²) in [6.07, 6.45) is 2.37. The van der Waals surface area contributed by atoms with E-state index in [0.717, 1.165) is 5.92 Å². The van der Waals surface area contributed by atoms with Crippen molar-refractivity contribution in [1.82, 2.24) is 0 Å². The van der Waals surface area contributed by atoms with Crippen LogP contribution in [0.1, 0.15) is 43.4 Å².